The Morgan fingerprint density at radius 1 is 1.12 bits per heavy atom. The Morgan fingerprint density at radius 3 is 2.36 bits per heavy atom. The fourth-order valence-corrected chi connectivity index (χ4v) is 2.54. The van der Waals surface area contributed by atoms with Crippen molar-refractivity contribution in [2.75, 3.05) is 44.6 Å². The van der Waals surface area contributed by atoms with Crippen LogP contribution in [0.3, 0.4) is 0 Å². The van der Waals surface area contributed by atoms with Crippen molar-refractivity contribution in [3.8, 4) is 0 Å². The van der Waals surface area contributed by atoms with Crippen LogP contribution < -0.4 is 10.6 Å². The molecule has 0 bridgehead atoms. The molecule has 2 rings (SSSR count). The zero-order chi connectivity index (χ0) is 18.4. The van der Waals surface area contributed by atoms with Gasteiger partial charge in [-0.15, -0.1) is 0 Å². The predicted octanol–water partition coefficient (Wildman–Crippen LogP) is 2.17. The minimum atomic E-state index is -4.44. The fourth-order valence-electron chi connectivity index (χ4n) is 2.35. The molecule has 1 aromatic rings. The van der Waals surface area contributed by atoms with Gasteiger partial charge in [0.1, 0.15) is 6.54 Å². The third-order valence-corrected chi connectivity index (χ3v) is 3.94. The molecule has 1 aliphatic heterocycles. The van der Waals surface area contributed by atoms with Gasteiger partial charge in [0.2, 0.25) is 5.91 Å². The van der Waals surface area contributed by atoms with Gasteiger partial charge < -0.3 is 15.5 Å². The smallest absolute Gasteiger partial charge is 0.329 e. The maximum Gasteiger partial charge on any atom is 0.405 e. The normalized spacial score (nSPS) is 15.8. The van der Waals surface area contributed by atoms with E-state index in [1.165, 1.54) is 4.90 Å². The monoisotopic (exact) mass is 378 g/mol. The quantitative estimate of drug-likeness (QED) is 0.844. The first-order chi connectivity index (χ1) is 11.7. The van der Waals surface area contributed by atoms with Gasteiger partial charge in [-0.3, -0.25) is 9.69 Å². The number of carbonyl (C=O) groups is 2. The summed E-state index contributed by atoms with van der Waals surface area (Å²) in [7, 11) is 0. The van der Waals surface area contributed by atoms with Crippen LogP contribution in [0.15, 0.2) is 24.3 Å². The second-order valence-corrected chi connectivity index (χ2v) is 5.97. The van der Waals surface area contributed by atoms with Crippen molar-refractivity contribution in [1.82, 2.24) is 15.1 Å². The number of nitrogens with one attached hydrogen (secondary N) is 2. The predicted molar refractivity (Wildman–Crippen MR) is 87.5 cm³/mol. The molecule has 1 aromatic carbocycles. The highest BCUT2D eigenvalue weighted by molar-refractivity contribution is 6.33. The molecule has 0 spiro atoms. The van der Waals surface area contributed by atoms with Gasteiger partial charge in [0.25, 0.3) is 0 Å². The molecule has 0 radical (unpaired) electrons. The summed E-state index contributed by atoms with van der Waals surface area (Å²) < 4.78 is 36.3. The molecule has 25 heavy (non-hydrogen) atoms. The van der Waals surface area contributed by atoms with Crippen molar-refractivity contribution in [1.29, 1.82) is 0 Å². The van der Waals surface area contributed by atoms with E-state index in [0.29, 0.717) is 23.8 Å². The molecule has 1 aliphatic rings. The number of urea groups is 1. The topological polar surface area (TPSA) is 64.7 Å². The van der Waals surface area contributed by atoms with Crippen molar-refractivity contribution in [3.63, 3.8) is 0 Å². The molecular formula is C15H18ClF3N4O2. The van der Waals surface area contributed by atoms with Crippen molar-refractivity contribution >= 4 is 29.2 Å². The van der Waals surface area contributed by atoms with E-state index in [1.54, 1.807) is 24.3 Å². The molecule has 2 N–H and O–H groups in total. The summed E-state index contributed by atoms with van der Waals surface area (Å²) >= 11 is 5.97. The number of anilines is 1. The third kappa shape index (κ3) is 6.43. The number of piperazine rings is 1. The molecule has 10 heteroatoms. The maximum absolute atomic E-state index is 12.1. The molecule has 0 saturated carbocycles. The molecule has 1 fully saturated rings. The number of amides is 3. The van der Waals surface area contributed by atoms with Crippen LogP contribution in [0.2, 0.25) is 5.02 Å². The highest BCUT2D eigenvalue weighted by Crippen LogP contribution is 2.20. The number of para-hydroxylation sites is 1. The van der Waals surface area contributed by atoms with Crippen molar-refractivity contribution < 1.29 is 22.8 Å². The number of nitrogens with zero attached hydrogens (tertiary/aromatic N) is 2. The van der Waals surface area contributed by atoms with Gasteiger partial charge in [-0.25, -0.2) is 4.79 Å². The largest absolute Gasteiger partial charge is 0.405 e. The summed E-state index contributed by atoms with van der Waals surface area (Å²) in [6, 6.07) is 6.09. The molecule has 138 valence electrons. The lowest BCUT2D eigenvalue weighted by atomic mass is 10.3. The second-order valence-electron chi connectivity index (χ2n) is 5.57. The highest BCUT2D eigenvalue weighted by atomic mass is 35.5. The van der Waals surface area contributed by atoms with Crippen LogP contribution in [-0.2, 0) is 4.79 Å². The molecule has 0 unspecified atom stereocenters. The Bertz CT molecular complexity index is 619. The van der Waals surface area contributed by atoms with E-state index in [0.717, 1.165) is 0 Å². The lowest BCUT2D eigenvalue weighted by Crippen LogP contribution is -2.53. The van der Waals surface area contributed by atoms with Crippen LogP contribution in [0.25, 0.3) is 0 Å². The Hall–Kier alpha value is -2.00. The standard InChI is InChI=1S/C15H18ClF3N4O2/c16-11-3-1-2-4-12(11)21-13(24)9-22-5-7-23(8-6-22)14(25)20-10-15(17,18)19/h1-4H,5-10H2,(H,20,25)(H,21,24). The molecule has 0 atom stereocenters. The number of rotatable bonds is 4. The molecule has 3 amide bonds. The summed E-state index contributed by atoms with van der Waals surface area (Å²) in [5.74, 6) is -0.247. The Labute approximate surface area is 147 Å². The highest BCUT2D eigenvalue weighted by Gasteiger charge is 2.29. The lowest BCUT2D eigenvalue weighted by Gasteiger charge is -2.34. The van der Waals surface area contributed by atoms with E-state index in [1.807, 2.05) is 10.2 Å². The van der Waals surface area contributed by atoms with Gasteiger partial charge in [-0.05, 0) is 12.1 Å². The van der Waals surface area contributed by atoms with Gasteiger partial charge in [0, 0.05) is 26.2 Å². The van der Waals surface area contributed by atoms with Gasteiger partial charge in [0.15, 0.2) is 0 Å². The molecule has 1 saturated heterocycles. The zero-order valence-corrected chi connectivity index (χ0v) is 14.0. The average Bonchev–Trinajstić information content (AvgIpc) is 2.55. The summed E-state index contributed by atoms with van der Waals surface area (Å²) in [5.41, 5.74) is 0.513. The van der Waals surface area contributed by atoms with E-state index >= 15 is 0 Å². The van der Waals surface area contributed by atoms with Crippen LogP contribution in [0, 0.1) is 0 Å². The van der Waals surface area contributed by atoms with Gasteiger partial charge >= 0.3 is 12.2 Å². The van der Waals surface area contributed by atoms with Gasteiger partial charge in [-0.1, -0.05) is 23.7 Å². The van der Waals surface area contributed by atoms with Crippen molar-refractivity contribution in [2.24, 2.45) is 0 Å². The Morgan fingerprint density at radius 2 is 1.76 bits per heavy atom. The van der Waals surface area contributed by atoms with Crippen LogP contribution in [-0.4, -0.2) is 67.2 Å². The number of hydrogen-bond donors (Lipinski definition) is 2. The second kappa shape index (κ2) is 8.39. The van der Waals surface area contributed by atoms with Crippen LogP contribution in [0.4, 0.5) is 23.7 Å². The number of carbonyl (C=O) groups excluding carboxylic acids is 2. The lowest BCUT2D eigenvalue weighted by molar-refractivity contribution is -0.123. The first-order valence-electron chi connectivity index (χ1n) is 7.61. The van der Waals surface area contributed by atoms with Crippen LogP contribution in [0.1, 0.15) is 0 Å². The SMILES string of the molecule is O=C(CN1CCN(C(=O)NCC(F)(F)F)CC1)Nc1ccccc1Cl. The Kier molecular flexibility index (Phi) is 6.49. The van der Waals surface area contributed by atoms with Crippen molar-refractivity contribution in [2.45, 2.75) is 6.18 Å². The number of benzene rings is 1. The van der Waals surface area contributed by atoms with Crippen LogP contribution >= 0.6 is 11.6 Å². The summed E-state index contributed by atoms with van der Waals surface area (Å²) in [5, 5.41) is 4.97. The fraction of sp³-hybridized carbons (Fsp3) is 0.467. The summed E-state index contributed by atoms with van der Waals surface area (Å²) in [4.78, 5) is 26.8. The molecule has 0 aliphatic carbocycles. The zero-order valence-electron chi connectivity index (χ0n) is 13.3. The van der Waals surface area contributed by atoms with Crippen LogP contribution in [0.5, 0.6) is 0 Å². The van der Waals surface area contributed by atoms with E-state index in [-0.39, 0.29) is 25.5 Å². The maximum atomic E-state index is 12.1. The Balaban J connectivity index is 1.74. The van der Waals surface area contributed by atoms with E-state index in [9.17, 15) is 22.8 Å². The molecule has 6 nitrogen and oxygen atoms in total. The first-order valence-corrected chi connectivity index (χ1v) is 7.98. The van der Waals surface area contributed by atoms with Crippen molar-refractivity contribution in [3.05, 3.63) is 29.3 Å². The van der Waals surface area contributed by atoms with E-state index in [4.69, 9.17) is 11.6 Å². The molecule has 0 aromatic heterocycles. The summed E-state index contributed by atoms with van der Waals surface area (Å²) in [6.07, 6.45) is -4.44. The van der Waals surface area contributed by atoms with E-state index < -0.39 is 18.8 Å². The number of halogens is 4. The number of hydrogen-bond acceptors (Lipinski definition) is 3. The van der Waals surface area contributed by atoms with Gasteiger partial charge in [-0.2, -0.15) is 13.2 Å². The minimum Gasteiger partial charge on any atom is -0.329 e. The average molecular weight is 379 g/mol. The van der Waals surface area contributed by atoms with Gasteiger partial charge in [0.05, 0.1) is 17.3 Å². The summed E-state index contributed by atoms with van der Waals surface area (Å²) in [6.45, 7) is 0.0619. The molecular weight excluding hydrogens is 361 g/mol. The minimum absolute atomic E-state index is 0.114. The third-order valence-electron chi connectivity index (χ3n) is 3.61. The van der Waals surface area contributed by atoms with E-state index in [2.05, 4.69) is 5.32 Å². The molecule has 1 heterocycles. The first kappa shape index (κ1) is 19.3. The number of alkyl halides is 3.